The summed E-state index contributed by atoms with van der Waals surface area (Å²) in [7, 11) is 0. The number of nitrogens with zero attached hydrogens (tertiary/aromatic N) is 3. The molecule has 7 nitrogen and oxygen atoms in total. The van der Waals surface area contributed by atoms with E-state index in [1.54, 1.807) is 36.4 Å². The van der Waals surface area contributed by atoms with Gasteiger partial charge in [-0.05, 0) is 31.2 Å². The fourth-order valence-electron chi connectivity index (χ4n) is 3.00. The van der Waals surface area contributed by atoms with Crippen LogP contribution in [0.3, 0.4) is 0 Å². The Bertz CT molecular complexity index is 1120. The second-order valence-electron chi connectivity index (χ2n) is 6.30. The number of benzene rings is 2. The first-order chi connectivity index (χ1) is 13.0. The number of thioether (sulfide) groups is 1. The molecule has 0 aliphatic carbocycles. The van der Waals surface area contributed by atoms with Crippen LogP contribution in [0.1, 0.15) is 12.0 Å². The van der Waals surface area contributed by atoms with Crippen molar-refractivity contribution in [2.75, 3.05) is 10.7 Å². The van der Waals surface area contributed by atoms with Gasteiger partial charge in [-0.3, -0.25) is 14.4 Å². The average Bonchev–Trinajstić information content (AvgIpc) is 2.94. The molecule has 136 valence electrons. The summed E-state index contributed by atoms with van der Waals surface area (Å²) >= 11 is 1.04. The predicted octanol–water partition coefficient (Wildman–Crippen LogP) is 1.84. The number of carbonyl (C=O) groups is 2. The minimum Gasteiger partial charge on any atom is -0.334 e. The lowest BCUT2D eigenvalue weighted by atomic mass is 10.2. The summed E-state index contributed by atoms with van der Waals surface area (Å²) in [4.78, 5) is 43.2. The molecule has 8 heteroatoms. The molecule has 1 aromatic heterocycles. The quantitative estimate of drug-likeness (QED) is 0.423. The number of hydrogen-bond donors (Lipinski definition) is 1. The Morgan fingerprint density at radius 3 is 2.52 bits per heavy atom. The molecular formula is C19H16N4O3S. The normalized spacial score (nSPS) is 17.1. The van der Waals surface area contributed by atoms with Crippen molar-refractivity contribution in [2.45, 2.75) is 23.8 Å². The molecule has 3 aromatic rings. The fourth-order valence-corrected chi connectivity index (χ4v) is 4.03. The van der Waals surface area contributed by atoms with Gasteiger partial charge in [0.2, 0.25) is 11.8 Å². The fraction of sp³-hybridized carbons (Fsp3) is 0.158. The number of fused-ring (bicyclic) bond motifs is 1. The Kier molecular flexibility index (Phi) is 4.19. The van der Waals surface area contributed by atoms with Gasteiger partial charge in [0.05, 0.1) is 16.6 Å². The van der Waals surface area contributed by atoms with Gasteiger partial charge in [-0.15, -0.1) is 0 Å². The SMILES string of the molecule is Cc1ccc(N2C(=O)CC(Sc3nc4ccccc4c(=O)n3N)C2=O)cc1. The molecule has 4 rings (SSSR count). The van der Waals surface area contributed by atoms with E-state index in [1.807, 2.05) is 19.1 Å². The molecule has 0 bridgehead atoms. The first-order valence-electron chi connectivity index (χ1n) is 8.32. The number of para-hydroxylation sites is 1. The monoisotopic (exact) mass is 380 g/mol. The second kappa shape index (κ2) is 6.55. The van der Waals surface area contributed by atoms with Crippen LogP contribution in [0.2, 0.25) is 0 Å². The summed E-state index contributed by atoms with van der Waals surface area (Å²) < 4.78 is 0.930. The molecule has 1 atom stereocenters. The number of anilines is 1. The van der Waals surface area contributed by atoms with Gasteiger partial charge < -0.3 is 5.84 Å². The van der Waals surface area contributed by atoms with E-state index in [1.165, 1.54) is 4.90 Å². The van der Waals surface area contributed by atoms with Crippen molar-refractivity contribution in [3.05, 3.63) is 64.4 Å². The summed E-state index contributed by atoms with van der Waals surface area (Å²) in [5, 5.41) is -0.0725. The zero-order valence-electron chi connectivity index (χ0n) is 14.5. The van der Waals surface area contributed by atoms with Crippen molar-refractivity contribution in [1.29, 1.82) is 0 Å². The van der Waals surface area contributed by atoms with Crippen molar-refractivity contribution in [1.82, 2.24) is 9.66 Å². The van der Waals surface area contributed by atoms with Gasteiger partial charge in [-0.2, -0.15) is 0 Å². The van der Waals surface area contributed by atoms with Gasteiger partial charge in [0.1, 0.15) is 5.25 Å². The molecule has 2 aromatic carbocycles. The molecule has 27 heavy (non-hydrogen) atoms. The van der Waals surface area contributed by atoms with Crippen LogP contribution >= 0.6 is 11.8 Å². The van der Waals surface area contributed by atoms with Crippen LogP contribution in [0.15, 0.2) is 58.5 Å². The van der Waals surface area contributed by atoms with Crippen LogP contribution < -0.4 is 16.3 Å². The summed E-state index contributed by atoms with van der Waals surface area (Å²) in [6, 6.07) is 14.0. The maximum absolute atomic E-state index is 12.8. The highest BCUT2D eigenvalue weighted by Crippen LogP contribution is 2.33. The highest BCUT2D eigenvalue weighted by molar-refractivity contribution is 8.00. The van der Waals surface area contributed by atoms with Crippen molar-refractivity contribution in [2.24, 2.45) is 0 Å². The third kappa shape index (κ3) is 2.97. The summed E-state index contributed by atoms with van der Waals surface area (Å²) in [6.45, 7) is 1.93. The van der Waals surface area contributed by atoms with Crippen LogP contribution in [0, 0.1) is 6.92 Å². The number of amides is 2. The maximum atomic E-state index is 12.8. The number of aryl methyl sites for hydroxylation is 1. The van der Waals surface area contributed by atoms with Crippen LogP contribution in [0.5, 0.6) is 0 Å². The number of rotatable bonds is 3. The first kappa shape index (κ1) is 17.3. The van der Waals surface area contributed by atoms with Crippen LogP contribution in [-0.4, -0.2) is 26.7 Å². The van der Waals surface area contributed by atoms with Gasteiger partial charge in [-0.1, -0.05) is 41.6 Å². The van der Waals surface area contributed by atoms with Crippen molar-refractivity contribution >= 4 is 40.2 Å². The minimum atomic E-state index is -0.679. The van der Waals surface area contributed by atoms with Gasteiger partial charge >= 0.3 is 0 Å². The molecule has 1 fully saturated rings. The Hall–Kier alpha value is -3.13. The first-order valence-corrected chi connectivity index (χ1v) is 9.20. The molecule has 2 heterocycles. The van der Waals surface area contributed by atoms with E-state index in [0.29, 0.717) is 16.6 Å². The summed E-state index contributed by atoms with van der Waals surface area (Å²) in [5.74, 6) is 5.26. The van der Waals surface area contributed by atoms with Crippen LogP contribution in [0.25, 0.3) is 10.9 Å². The molecule has 2 N–H and O–H groups in total. The molecular weight excluding hydrogens is 364 g/mol. The zero-order valence-corrected chi connectivity index (χ0v) is 15.3. The van der Waals surface area contributed by atoms with Gasteiger partial charge in [0.25, 0.3) is 5.56 Å². The van der Waals surface area contributed by atoms with E-state index in [0.717, 1.165) is 22.0 Å². The maximum Gasteiger partial charge on any atom is 0.280 e. The third-order valence-corrected chi connectivity index (χ3v) is 5.57. The van der Waals surface area contributed by atoms with E-state index >= 15 is 0 Å². The topological polar surface area (TPSA) is 98.3 Å². The van der Waals surface area contributed by atoms with Crippen molar-refractivity contribution in [3.8, 4) is 0 Å². The van der Waals surface area contributed by atoms with E-state index in [-0.39, 0.29) is 23.4 Å². The van der Waals surface area contributed by atoms with Crippen molar-refractivity contribution < 1.29 is 9.59 Å². The number of hydrogen-bond acceptors (Lipinski definition) is 6. The molecule has 0 radical (unpaired) electrons. The molecule has 1 aliphatic rings. The molecule has 1 saturated heterocycles. The van der Waals surface area contributed by atoms with E-state index in [9.17, 15) is 14.4 Å². The molecule has 2 amide bonds. The number of carbonyl (C=O) groups excluding carboxylic acids is 2. The number of aromatic nitrogens is 2. The van der Waals surface area contributed by atoms with Gasteiger partial charge in [0.15, 0.2) is 5.16 Å². The Morgan fingerprint density at radius 1 is 1.07 bits per heavy atom. The van der Waals surface area contributed by atoms with Gasteiger partial charge in [0, 0.05) is 6.42 Å². The molecule has 0 spiro atoms. The molecule has 1 aliphatic heterocycles. The third-order valence-electron chi connectivity index (χ3n) is 4.42. The molecule has 1 unspecified atom stereocenters. The predicted molar refractivity (Wildman–Crippen MR) is 104 cm³/mol. The highest BCUT2D eigenvalue weighted by Gasteiger charge is 2.40. The van der Waals surface area contributed by atoms with E-state index in [4.69, 9.17) is 5.84 Å². The minimum absolute atomic E-state index is 0.0279. The number of nitrogens with two attached hydrogens (primary N) is 1. The number of imide groups is 1. The highest BCUT2D eigenvalue weighted by atomic mass is 32.2. The Morgan fingerprint density at radius 2 is 1.78 bits per heavy atom. The van der Waals surface area contributed by atoms with Crippen molar-refractivity contribution in [3.63, 3.8) is 0 Å². The lowest BCUT2D eigenvalue weighted by molar-refractivity contribution is -0.121. The average molecular weight is 380 g/mol. The van der Waals surface area contributed by atoms with E-state index in [2.05, 4.69) is 4.98 Å². The zero-order chi connectivity index (χ0) is 19.1. The van der Waals surface area contributed by atoms with Crippen LogP contribution in [-0.2, 0) is 9.59 Å². The Balaban J connectivity index is 1.66. The second-order valence-corrected chi connectivity index (χ2v) is 7.47. The number of nitrogen functional groups attached to an aromatic ring is 1. The summed E-state index contributed by atoms with van der Waals surface area (Å²) in [6.07, 6.45) is 0.0279. The smallest absolute Gasteiger partial charge is 0.280 e. The molecule has 0 saturated carbocycles. The summed E-state index contributed by atoms with van der Waals surface area (Å²) in [5.41, 5.74) is 1.68. The van der Waals surface area contributed by atoms with E-state index < -0.39 is 10.8 Å². The Labute approximate surface area is 158 Å². The largest absolute Gasteiger partial charge is 0.334 e. The van der Waals surface area contributed by atoms with Gasteiger partial charge in [-0.25, -0.2) is 14.6 Å². The van der Waals surface area contributed by atoms with Crippen LogP contribution in [0.4, 0.5) is 5.69 Å². The standard InChI is InChI=1S/C19H16N4O3S/c1-11-6-8-12(9-7-11)22-16(24)10-15(18(22)26)27-19-21-14-5-3-2-4-13(14)17(25)23(19)20/h2-9,15H,10,20H2,1H3. The lowest BCUT2D eigenvalue weighted by Gasteiger charge is -2.15. The lowest BCUT2D eigenvalue weighted by Crippen LogP contribution is -2.33.